The lowest BCUT2D eigenvalue weighted by molar-refractivity contribution is -0.137. The molecule has 1 N–H and O–H groups in total. The van der Waals surface area contributed by atoms with Crippen LogP contribution in [-0.2, 0) is 6.18 Å². The van der Waals surface area contributed by atoms with Gasteiger partial charge in [0.05, 0.1) is 6.61 Å². The number of nitrogens with one attached hydrogen (secondary N) is 1. The molecular formula is C21H20F4N4O. The highest BCUT2D eigenvalue weighted by molar-refractivity contribution is 5.64. The van der Waals surface area contributed by atoms with Crippen LogP contribution >= 0.6 is 0 Å². The Hall–Kier alpha value is -3.36. The highest BCUT2D eigenvalue weighted by Crippen LogP contribution is 2.36. The highest BCUT2D eigenvalue weighted by Gasteiger charge is 2.35. The van der Waals surface area contributed by atoms with E-state index in [0.29, 0.717) is 23.7 Å². The Bertz CT molecular complexity index is 976. The van der Waals surface area contributed by atoms with E-state index in [0.717, 1.165) is 12.6 Å². The molecule has 2 aromatic carbocycles. The highest BCUT2D eigenvalue weighted by atomic mass is 19.4. The van der Waals surface area contributed by atoms with Gasteiger partial charge in [-0.25, -0.2) is 9.37 Å². The number of ether oxygens (including phenoxy) is 1. The number of hydrogen-bond acceptors (Lipinski definition) is 5. The molecule has 0 saturated carbocycles. The Morgan fingerprint density at radius 1 is 1.03 bits per heavy atom. The largest absolute Gasteiger partial charge is 0.494 e. The van der Waals surface area contributed by atoms with Crippen LogP contribution in [0, 0.1) is 5.82 Å². The summed E-state index contributed by atoms with van der Waals surface area (Å²) < 4.78 is 59.0. The van der Waals surface area contributed by atoms with Crippen LogP contribution < -0.4 is 15.0 Å². The number of anilines is 4. The summed E-state index contributed by atoms with van der Waals surface area (Å²) in [5.41, 5.74) is -0.0527. The Balaban J connectivity index is 1.90. The molecule has 0 aliphatic heterocycles. The third kappa shape index (κ3) is 5.16. The van der Waals surface area contributed by atoms with Gasteiger partial charge < -0.3 is 15.0 Å². The van der Waals surface area contributed by atoms with Crippen LogP contribution in [-0.4, -0.2) is 23.6 Å². The van der Waals surface area contributed by atoms with Gasteiger partial charge in [0.15, 0.2) is 0 Å². The van der Waals surface area contributed by atoms with Crippen LogP contribution in [0.15, 0.2) is 54.7 Å². The molecule has 0 fully saturated rings. The quantitative estimate of drug-likeness (QED) is 0.480. The van der Waals surface area contributed by atoms with Crippen molar-refractivity contribution in [3.63, 3.8) is 0 Å². The van der Waals surface area contributed by atoms with E-state index in [1.807, 2.05) is 6.92 Å². The average molecular weight is 420 g/mol. The summed E-state index contributed by atoms with van der Waals surface area (Å²) in [4.78, 5) is 9.36. The molecule has 30 heavy (non-hydrogen) atoms. The van der Waals surface area contributed by atoms with Crippen LogP contribution in [0.1, 0.15) is 18.9 Å². The van der Waals surface area contributed by atoms with Gasteiger partial charge in [-0.2, -0.15) is 18.2 Å². The minimum Gasteiger partial charge on any atom is -0.494 e. The Morgan fingerprint density at radius 3 is 2.30 bits per heavy atom. The van der Waals surface area contributed by atoms with Crippen LogP contribution in [0.3, 0.4) is 0 Å². The SMILES string of the molecule is CCCOc1ccc(Nc2nc(N(C)c3ccc(F)cc3)ncc2C(F)(F)F)cc1. The van der Waals surface area contributed by atoms with Gasteiger partial charge in [0, 0.05) is 24.6 Å². The molecule has 0 amide bonds. The maximum Gasteiger partial charge on any atom is 0.421 e. The molecule has 5 nitrogen and oxygen atoms in total. The maximum atomic E-state index is 13.5. The smallest absolute Gasteiger partial charge is 0.421 e. The summed E-state index contributed by atoms with van der Waals surface area (Å²) in [7, 11) is 1.58. The van der Waals surface area contributed by atoms with Crippen molar-refractivity contribution in [3.8, 4) is 5.75 Å². The average Bonchev–Trinajstić information content (AvgIpc) is 2.72. The van der Waals surface area contributed by atoms with E-state index in [1.165, 1.54) is 29.2 Å². The third-order valence-corrected chi connectivity index (χ3v) is 4.19. The topological polar surface area (TPSA) is 50.3 Å². The number of alkyl halides is 3. The summed E-state index contributed by atoms with van der Waals surface area (Å²) in [6, 6.07) is 12.0. The molecule has 1 aromatic heterocycles. The van der Waals surface area contributed by atoms with Crippen molar-refractivity contribution in [2.75, 3.05) is 23.9 Å². The van der Waals surface area contributed by atoms with E-state index in [4.69, 9.17) is 4.74 Å². The normalized spacial score (nSPS) is 11.3. The number of nitrogens with zero attached hydrogens (tertiary/aromatic N) is 3. The van der Waals surface area contributed by atoms with Crippen molar-refractivity contribution in [3.05, 3.63) is 66.1 Å². The van der Waals surface area contributed by atoms with Crippen LogP contribution in [0.4, 0.5) is 40.7 Å². The zero-order chi connectivity index (χ0) is 21.7. The maximum absolute atomic E-state index is 13.5. The first-order valence-electron chi connectivity index (χ1n) is 9.21. The Kier molecular flexibility index (Phi) is 6.39. The van der Waals surface area contributed by atoms with Crippen molar-refractivity contribution in [2.45, 2.75) is 19.5 Å². The fraction of sp³-hybridized carbons (Fsp3) is 0.238. The fourth-order valence-electron chi connectivity index (χ4n) is 2.61. The lowest BCUT2D eigenvalue weighted by atomic mass is 10.2. The first-order chi connectivity index (χ1) is 14.3. The fourth-order valence-corrected chi connectivity index (χ4v) is 2.61. The number of aromatic nitrogens is 2. The summed E-state index contributed by atoms with van der Waals surface area (Å²) in [5.74, 6) is -0.157. The lowest BCUT2D eigenvalue weighted by Gasteiger charge is -2.20. The Morgan fingerprint density at radius 2 is 1.70 bits per heavy atom. The van der Waals surface area contributed by atoms with Gasteiger partial charge in [-0.1, -0.05) is 6.92 Å². The van der Waals surface area contributed by atoms with Crippen LogP contribution in [0.5, 0.6) is 5.75 Å². The lowest BCUT2D eigenvalue weighted by Crippen LogP contribution is -2.17. The molecule has 9 heteroatoms. The zero-order valence-electron chi connectivity index (χ0n) is 16.4. The van der Waals surface area contributed by atoms with Crippen molar-refractivity contribution >= 4 is 23.1 Å². The van der Waals surface area contributed by atoms with Crippen molar-refractivity contribution in [1.82, 2.24) is 9.97 Å². The molecule has 0 unspecified atom stereocenters. The first kappa shape index (κ1) is 21.4. The minimum atomic E-state index is -4.64. The summed E-state index contributed by atoms with van der Waals surface area (Å²) in [6.45, 7) is 2.53. The molecule has 3 rings (SSSR count). The predicted octanol–water partition coefficient (Wildman–Crippen LogP) is 5.93. The molecule has 158 valence electrons. The van der Waals surface area contributed by atoms with E-state index >= 15 is 0 Å². The molecule has 3 aromatic rings. The van der Waals surface area contributed by atoms with E-state index < -0.39 is 17.6 Å². The van der Waals surface area contributed by atoms with Gasteiger partial charge in [0.25, 0.3) is 0 Å². The molecule has 0 saturated heterocycles. The number of rotatable bonds is 7. The Labute approximate surface area is 171 Å². The molecule has 0 aliphatic rings. The van der Waals surface area contributed by atoms with Gasteiger partial charge in [0.1, 0.15) is 22.9 Å². The number of benzene rings is 2. The number of hydrogen-bond donors (Lipinski definition) is 1. The summed E-state index contributed by atoms with van der Waals surface area (Å²) in [6.07, 6.45) is -3.07. The van der Waals surface area contributed by atoms with Crippen LogP contribution in [0.2, 0.25) is 0 Å². The van der Waals surface area contributed by atoms with E-state index in [1.54, 1.807) is 31.3 Å². The predicted molar refractivity (Wildman–Crippen MR) is 107 cm³/mol. The van der Waals surface area contributed by atoms with Gasteiger partial charge in [-0.3, -0.25) is 0 Å². The molecule has 0 atom stereocenters. The molecule has 0 aliphatic carbocycles. The van der Waals surface area contributed by atoms with E-state index in [9.17, 15) is 17.6 Å². The molecule has 1 heterocycles. The molecular weight excluding hydrogens is 400 g/mol. The molecule has 0 radical (unpaired) electrons. The van der Waals surface area contributed by atoms with Gasteiger partial charge in [-0.15, -0.1) is 0 Å². The van der Waals surface area contributed by atoms with E-state index in [2.05, 4.69) is 15.3 Å². The molecule has 0 spiro atoms. The van der Waals surface area contributed by atoms with Gasteiger partial charge >= 0.3 is 6.18 Å². The summed E-state index contributed by atoms with van der Waals surface area (Å²) in [5, 5.41) is 2.70. The molecule has 0 bridgehead atoms. The second-order valence-electron chi connectivity index (χ2n) is 6.46. The van der Waals surface area contributed by atoms with Crippen molar-refractivity contribution in [2.24, 2.45) is 0 Å². The van der Waals surface area contributed by atoms with Crippen molar-refractivity contribution < 1.29 is 22.3 Å². The summed E-state index contributed by atoms with van der Waals surface area (Å²) >= 11 is 0. The zero-order valence-corrected chi connectivity index (χ0v) is 16.4. The van der Waals surface area contributed by atoms with Gasteiger partial charge in [0.2, 0.25) is 5.95 Å². The standard InChI is InChI=1S/C21H20F4N4O/c1-3-12-30-17-10-6-15(7-11-17)27-19-18(21(23,24)25)13-26-20(28-19)29(2)16-8-4-14(22)5-9-16/h4-11,13H,3,12H2,1-2H3,(H,26,27,28). The monoisotopic (exact) mass is 420 g/mol. The first-order valence-corrected chi connectivity index (χ1v) is 9.21. The third-order valence-electron chi connectivity index (χ3n) is 4.19. The van der Waals surface area contributed by atoms with E-state index in [-0.39, 0.29) is 11.8 Å². The minimum absolute atomic E-state index is 0.0278. The number of halogens is 4. The second kappa shape index (κ2) is 8.98. The van der Waals surface area contributed by atoms with Gasteiger partial charge in [-0.05, 0) is 55.0 Å². The van der Waals surface area contributed by atoms with Crippen LogP contribution in [0.25, 0.3) is 0 Å². The van der Waals surface area contributed by atoms with Crippen molar-refractivity contribution in [1.29, 1.82) is 0 Å². The second-order valence-corrected chi connectivity index (χ2v) is 6.46.